The number of nitrogens with zero attached hydrogens (tertiary/aromatic N) is 4. The Bertz CT molecular complexity index is 1380. The molecule has 14 heteroatoms. The molecule has 3 rings (SSSR count). The summed E-state index contributed by atoms with van der Waals surface area (Å²) in [4.78, 5) is 62.9. The van der Waals surface area contributed by atoms with Crippen LogP contribution in [-0.2, 0) is 35.1 Å². The van der Waals surface area contributed by atoms with Crippen molar-refractivity contribution in [1.29, 1.82) is 0 Å². The summed E-state index contributed by atoms with van der Waals surface area (Å²) in [5, 5.41) is 15.3. The van der Waals surface area contributed by atoms with Gasteiger partial charge in [0.2, 0.25) is 29.5 Å². The lowest BCUT2D eigenvalue weighted by molar-refractivity contribution is -0.146. The van der Waals surface area contributed by atoms with Gasteiger partial charge in [-0.25, -0.2) is 4.98 Å². The van der Waals surface area contributed by atoms with Crippen molar-refractivity contribution in [2.24, 2.45) is 11.8 Å². The Kier molecular flexibility index (Phi) is 16.5. The summed E-state index contributed by atoms with van der Waals surface area (Å²) in [6.07, 6.45) is 4.46. The zero-order valence-electron chi connectivity index (χ0n) is 31.4. The first-order chi connectivity index (χ1) is 24.4. The van der Waals surface area contributed by atoms with Gasteiger partial charge in [0.05, 0.1) is 56.0 Å². The summed E-state index contributed by atoms with van der Waals surface area (Å²) in [6, 6.07) is 7.70. The van der Waals surface area contributed by atoms with Gasteiger partial charge >= 0.3 is 0 Å². The molecule has 8 unspecified atom stereocenters. The molecule has 1 aliphatic rings. The van der Waals surface area contributed by atoms with Crippen LogP contribution in [0.4, 0.5) is 0 Å². The van der Waals surface area contributed by atoms with Crippen LogP contribution in [0.5, 0.6) is 0 Å². The molecule has 1 fully saturated rings. The van der Waals surface area contributed by atoms with Gasteiger partial charge in [0.15, 0.2) is 0 Å². The van der Waals surface area contributed by atoms with Crippen molar-refractivity contribution in [2.75, 3.05) is 55.1 Å². The Labute approximate surface area is 302 Å². The van der Waals surface area contributed by atoms with Crippen molar-refractivity contribution in [3.05, 3.63) is 54.2 Å². The lowest BCUT2D eigenvalue weighted by Gasteiger charge is -2.39. The summed E-state index contributed by atoms with van der Waals surface area (Å²) in [7, 11) is 8.09. The minimum atomic E-state index is -0.778. The fourth-order valence-electron chi connectivity index (χ4n) is 6.97. The van der Waals surface area contributed by atoms with Gasteiger partial charge in [-0.05, 0) is 38.4 Å². The number of likely N-dealkylation sites (tertiary alicyclic amines) is 1. The third-order valence-corrected chi connectivity index (χ3v) is 10.2. The van der Waals surface area contributed by atoms with Gasteiger partial charge in [-0.1, -0.05) is 57.5 Å². The predicted octanol–water partition coefficient (Wildman–Crippen LogP) is 2.03. The third-order valence-electron chi connectivity index (χ3n) is 10.2. The van der Waals surface area contributed by atoms with Crippen LogP contribution in [-0.4, -0.2) is 134 Å². The molecule has 1 aliphatic heterocycles. The van der Waals surface area contributed by atoms with Crippen molar-refractivity contribution >= 4 is 23.6 Å². The number of ether oxygens (including phenoxy) is 2. The van der Waals surface area contributed by atoms with Crippen LogP contribution in [0, 0.1) is 11.8 Å². The Morgan fingerprint density at radius 1 is 1.08 bits per heavy atom. The van der Waals surface area contributed by atoms with E-state index in [0.717, 1.165) is 18.4 Å². The average molecular weight is 715 g/mol. The number of aromatic nitrogens is 1. The molecule has 51 heavy (non-hydrogen) atoms. The first-order valence-corrected chi connectivity index (χ1v) is 17.8. The number of aliphatic hydroxyl groups excluding tert-OH is 1. The van der Waals surface area contributed by atoms with E-state index in [1.54, 1.807) is 56.1 Å². The van der Waals surface area contributed by atoms with Gasteiger partial charge in [-0.3, -0.25) is 24.1 Å². The molecule has 1 saturated heterocycles. The summed E-state index contributed by atoms with van der Waals surface area (Å²) < 4.78 is 17.4. The Hall–Kier alpha value is -3.85. The molecule has 2 heterocycles. The third kappa shape index (κ3) is 11.1. The number of oxazole rings is 1. The number of amides is 4. The standard InChI is InChI=1S/C37H58N6O8/c1-9-24(2)33(42(6)32(46)22-39-36(48)29(23-44)41(4)5)30(49-7)21-31(45)43-18-13-16-28(43)34(50-8)25(3)35(47)40-27(37-38-17-19-51-37)20-26-14-11-10-12-15-26/h10-12,14-15,17,19,24-25,27-30,33-34,44H,9,13,16,18,20-23H2,1-8H3,(H,39,48)(H,40,47). The molecular formula is C37H58N6O8. The van der Waals surface area contributed by atoms with Gasteiger partial charge in [0, 0.05) is 34.2 Å². The molecule has 0 aliphatic carbocycles. The molecule has 1 aromatic heterocycles. The molecule has 0 bridgehead atoms. The fraction of sp³-hybridized carbons (Fsp3) is 0.649. The highest BCUT2D eigenvalue weighted by Crippen LogP contribution is 2.30. The van der Waals surface area contributed by atoms with Crippen LogP contribution >= 0.6 is 0 Å². The van der Waals surface area contributed by atoms with E-state index < -0.39 is 42.2 Å². The van der Waals surface area contributed by atoms with E-state index in [0.29, 0.717) is 25.3 Å². The number of likely N-dealkylation sites (N-methyl/N-ethyl adjacent to an activating group) is 2. The normalized spacial score (nSPS) is 18.7. The van der Waals surface area contributed by atoms with Crippen LogP contribution < -0.4 is 10.6 Å². The number of nitrogens with one attached hydrogen (secondary N) is 2. The number of hydrogen-bond donors (Lipinski definition) is 3. The Morgan fingerprint density at radius 2 is 1.78 bits per heavy atom. The Morgan fingerprint density at radius 3 is 2.35 bits per heavy atom. The number of rotatable bonds is 20. The number of hydrogen-bond acceptors (Lipinski definition) is 10. The van der Waals surface area contributed by atoms with Crippen molar-refractivity contribution < 1.29 is 38.2 Å². The second-order valence-electron chi connectivity index (χ2n) is 13.6. The SMILES string of the molecule is CCC(C)C(C(CC(=O)N1CCCC1C(OC)C(C)C(=O)NC(Cc1ccccc1)c1ncco1)OC)N(C)C(=O)CNC(=O)C(CO)N(C)C. The summed E-state index contributed by atoms with van der Waals surface area (Å²) in [5.41, 5.74) is 1.02. The molecule has 4 amide bonds. The highest BCUT2D eigenvalue weighted by molar-refractivity contribution is 5.87. The van der Waals surface area contributed by atoms with E-state index in [1.807, 2.05) is 44.2 Å². The van der Waals surface area contributed by atoms with Gasteiger partial charge in [-0.2, -0.15) is 0 Å². The first kappa shape index (κ1) is 41.6. The van der Waals surface area contributed by atoms with Gasteiger partial charge in [-0.15, -0.1) is 0 Å². The van der Waals surface area contributed by atoms with E-state index >= 15 is 0 Å². The predicted molar refractivity (Wildman–Crippen MR) is 191 cm³/mol. The monoisotopic (exact) mass is 714 g/mol. The molecule has 14 nitrogen and oxygen atoms in total. The van der Waals surface area contributed by atoms with Crippen LogP contribution in [0.25, 0.3) is 0 Å². The molecule has 3 N–H and O–H groups in total. The molecular weight excluding hydrogens is 656 g/mol. The number of carbonyl (C=O) groups is 4. The van der Waals surface area contributed by atoms with E-state index in [9.17, 15) is 24.3 Å². The topological polar surface area (TPSA) is 167 Å². The lowest BCUT2D eigenvalue weighted by atomic mass is 9.90. The maximum Gasteiger partial charge on any atom is 0.242 e. The van der Waals surface area contributed by atoms with E-state index in [2.05, 4.69) is 15.6 Å². The minimum Gasteiger partial charge on any atom is -0.447 e. The van der Waals surface area contributed by atoms with Crippen molar-refractivity contribution in [1.82, 2.24) is 30.3 Å². The minimum absolute atomic E-state index is 0.0134. The zero-order valence-corrected chi connectivity index (χ0v) is 31.4. The van der Waals surface area contributed by atoms with Gasteiger partial charge in [0.1, 0.15) is 18.3 Å². The molecule has 1 aromatic carbocycles. The van der Waals surface area contributed by atoms with Gasteiger partial charge < -0.3 is 39.4 Å². The van der Waals surface area contributed by atoms with E-state index in [1.165, 1.54) is 13.4 Å². The molecule has 2 aromatic rings. The molecule has 0 saturated carbocycles. The highest BCUT2D eigenvalue weighted by atomic mass is 16.5. The second-order valence-corrected chi connectivity index (χ2v) is 13.6. The average Bonchev–Trinajstić information content (AvgIpc) is 3.84. The van der Waals surface area contributed by atoms with E-state index in [-0.39, 0.29) is 49.3 Å². The number of carbonyl (C=O) groups excluding carboxylic acids is 4. The maximum absolute atomic E-state index is 14.0. The van der Waals surface area contributed by atoms with Crippen molar-refractivity contribution in [3.8, 4) is 0 Å². The quantitative estimate of drug-likeness (QED) is 0.185. The summed E-state index contributed by atoms with van der Waals surface area (Å²) in [5.74, 6) is -1.42. The van der Waals surface area contributed by atoms with Crippen molar-refractivity contribution in [3.63, 3.8) is 0 Å². The highest BCUT2D eigenvalue weighted by Gasteiger charge is 2.42. The zero-order chi connectivity index (χ0) is 37.7. The molecule has 284 valence electrons. The van der Waals surface area contributed by atoms with Crippen LogP contribution in [0.3, 0.4) is 0 Å². The van der Waals surface area contributed by atoms with E-state index in [4.69, 9.17) is 13.9 Å². The summed E-state index contributed by atoms with van der Waals surface area (Å²) >= 11 is 0. The largest absolute Gasteiger partial charge is 0.447 e. The summed E-state index contributed by atoms with van der Waals surface area (Å²) in [6.45, 7) is 5.68. The fourth-order valence-corrected chi connectivity index (χ4v) is 6.97. The number of aliphatic hydroxyl groups is 1. The van der Waals surface area contributed by atoms with Crippen LogP contribution in [0.1, 0.15) is 64.0 Å². The first-order valence-electron chi connectivity index (χ1n) is 17.8. The van der Waals surface area contributed by atoms with Crippen LogP contribution in [0.2, 0.25) is 0 Å². The Balaban J connectivity index is 1.72. The maximum atomic E-state index is 14.0. The number of benzene rings is 1. The smallest absolute Gasteiger partial charge is 0.242 e. The van der Waals surface area contributed by atoms with Gasteiger partial charge in [0.25, 0.3) is 0 Å². The molecule has 0 spiro atoms. The molecule has 8 atom stereocenters. The van der Waals surface area contributed by atoms with Crippen molar-refractivity contribution in [2.45, 2.75) is 89.3 Å². The van der Waals surface area contributed by atoms with Crippen LogP contribution in [0.15, 0.2) is 47.2 Å². The lowest BCUT2D eigenvalue weighted by Crippen LogP contribution is -2.55. The second kappa shape index (κ2) is 20.3. The number of methoxy groups -OCH3 is 2. The molecule has 0 radical (unpaired) electrons.